The van der Waals surface area contributed by atoms with E-state index >= 15 is 0 Å². The monoisotopic (exact) mass is 721 g/mol. The van der Waals surface area contributed by atoms with Crippen molar-refractivity contribution >= 4 is 124 Å². The van der Waals surface area contributed by atoms with E-state index in [0.717, 1.165) is 6.07 Å². The smallest absolute Gasteiger partial charge is 0.296 e. The van der Waals surface area contributed by atoms with E-state index in [1.807, 2.05) is 0 Å². The first-order valence-corrected chi connectivity index (χ1v) is 16.4. The van der Waals surface area contributed by atoms with Crippen molar-refractivity contribution in [3.63, 3.8) is 0 Å². The molecule has 242 valence electrons. The third-order valence-corrected chi connectivity index (χ3v) is 8.52. The predicted octanol–water partition coefficient (Wildman–Crippen LogP) is 6.68. The summed E-state index contributed by atoms with van der Waals surface area (Å²) in [7, 11) is -7.92. The number of amides is 1. The molecule has 0 spiro atoms. The molecule has 1 amide bonds. The number of anilines is 1. The second-order valence-corrected chi connectivity index (χ2v) is 12.8. The van der Waals surface area contributed by atoms with Crippen molar-refractivity contribution < 1.29 is 40.6 Å². The van der Waals surface area contributed by atoms with Gasteiger partial charge in [0.25, 0.3) is 26.1 Å². The van der Waals surface area contributed by atoms with E-state index in [-0.39, 0.29) is 86.2 Å². The van der Waals surface area contributed by atoms with Gasteiger partial charge in [0.05, 0.1) is 23.4 Å². The Bertz CT molecular complexity index is 2300. The van der Waals surface area contributed by atoms with E-state index in [9.17, 15) is 31.3 Å². The van der Waals surface area contributed by atoms with Crippen LogP contribution >= 0.6 is 0 Å². The molecule has 18 heteroatoms. The summed E-state index contributed by atoms with van der Waals surface area (Å²) < 4.78 is 71.8. The minimum atomic E-state index is -4.91. The number of azo groups is 2. The SMILES string of the molecule is COc1cc(N=Nc2ccc(S(=O)(=O)O)cc2)c(C)cc1N=Nc1c(S(=O)(=O)O)cc2cc(NC(=O)c3ccccc3)ccc2c1O.[Na].[Na]. The Hall–Kier alpha value is -3.55. The molecule has 5 aromatic rings. The zero-order valence-electron chi connectivity index (χ0n) is 26.6. The van der Waals surface area contributed by atoms with Gasteiger partial charge in [0, 0.05) is 81.8 Å². The van der Waals surface area contributed by atoms with E-state index in [2.05, 4.69) is 25.8 Å². The average Bonchev–Trinajstić information content (AvgIpc) is 3.03. The van der Waals surface area contributed by atoms with Gasteiger partial charge in [-0.25, -0.2) is 0 Å². The number of phenolic OH excluding ortho intramolecular Hbond substituents is 1. The van der Waals surface area contributed by atoms with Crippen LogP contribution < -0.4 is 10.1 Å². The van der Waals surface area contributed by atoms with Crippen molar-refractivity contribution in [3.8, 4) is 11.5 Å². The van der Waals surface area contributed by atoms with E-state index in [1.54, 1.807) is 37.3 Å². The van der Waals surface area contributed by atoms with E-state index in [0.29, 0.717) is 28.2 Å². The summed E-state index contributed by atoms with van der Waals surface area (Å²) in [5, 5.41) is 30.4. The fourth-order valence-corrected chi connectivity index (χ4v) is 5.56. The molecular formula is C31H25N5Na2O9S2. The number of aromatic hydroxyl groups is 1. The Labute approximate surface area is 325 Å². The molecule has 5 rings (SSSR count). The number of benzene rings is 5. The maximum absolute atomic E-state index is 12.6. The molecule has 14 nitrogen and oxygen atoms in total. The Morgan fingerprint density at radius 3 is 2.02 bits per heavy atom. The molecule has 0 aliphatic rings. The molecule has 2 radical (unpaired) electrons. The standard InChI is InChI=1S/C31H25N5O9S2.2Na/c1-18-14-26(27(45-2)17-25(18)34-33-21-8-11-23(12-9-21)46(39,40)41)35-36-29-28(47(42,43)44)16-20-15-22(10-13-24(20)30(29)37)32-31(38)19-6-4-3-5-7-19;;/h3-17,37H,1-2H3,(H,32,38)(H,39,40,41)(H,42,43,44);;. The van der Waals surface area contributed by atoms with Crippen LogP contribution in [0.5, 0.6) is 11.5 Å². The number of fused-ring (bicyclic) bond motifs is 1. The summed E-state index contributed by atoms with van der Waals surface area (Å²) in [6.45, 7) is 1.68. The number of carbonyl (C=O) groups is 1. The molecule has 0 bridgehead atoms. The largest absolute Gasteiger partial charge is 0.505 e. The maximum Gasteiger partial charge on any atom is 0.296 e. The van der Waals surface area contributed by atoms with Gasteiger partial charge in [0.2, 0.25) is 0 Å². The van der Waals surface area contributed by atoms with Gasteiger partial charge < -0.3 is 15.2 Å². The van der Waals surface area contributed by atoms with Crippen molar-refractivity contribution in [1.29, 1.82) is 0 Å². The molecular weight excluding hydrogens is 696 g/mol. The van der Waals surface area contributed by atoms with Crippen LogP contribution in [-0.4, -0.2) is 103 Å². The van der Waals surface area contributed by atoms with Crippen molar-refractivity contribution in [3.05, 3.63) is 102 Å². The molecule has 0 saturated carbocycles. The number of nitrogens with zero attached hydrogens (tertiary/aromatic N) is 4. The number of carbonyl (C=O) groups excluding carboxylic acids is 1. The first-order chi connectivity index (χ1) is 22.2. The summed E-state index contributed by atoms with van der Waals surface area (Å²) in [6, 6.07) is 22.0. The van der Waals surface area contributed by atoms with Crippen molar-refractivity contribution in [2.24, 2.45) is 20.5 Å². The second-order valence-electron chi connectivity index (χ2n) is 9.98. The van der Waals surface area contributed by atoms with E-state index in [1.165, 1.54) is 61.7 Å². The molecule has 0 fully saturated rings. The van der Waals surface area contributed by atoms with Crippen LogP contribution in [0.3, 0.4) is 0 Å². The maximum atomic E-state index is 12.6. The third-order valence-electron chi connectivity index (χ3n) is 6.79. The number of hydrogen-bond acceptors (Lipinski definition) is 11. The van der Waals surface area contributed by atoms with E-state index < -0.39 is 42.5 Å². The Morgan fingerprint density at radius 2 is 1.41 bits per heavy atom. The summed E-state index contributed by atoms with van der Waals surface area (Å²) in [5.74, 6) is -0.830. The van der Waals surface area contributed by atoms with Crippen LogP contribution in [0.1, 0.15) is 15.9 Å². The van der Waals surface area contributed by atoms with Crippen LogP contribution in [0.4, 0.5) is 28.4 Å². The summed E-state index contributed by atoms with van der Waals surface area (Å²) >= 11 is 0. The van der Waals surface area contributed by atoms with Gasteiger partial charge in [-0.2, -0.15) is 27.1 Å². The predicted molar refractivity (Wildman–Crippen MR) is 184 cm³/mol. The Kier molecular flexibility index (Phi) is 13.4. The van der Waals surface area contributed by atoms with Crippen molar-refractivity contribution in [1.82, 2.24) is 0 Å². The number of aryl methyl sites for hydroxylation is 1. The van der Waals surface area contributed by atoms with Gasteiger partial charge in [-0.1, -0.05) is 18.2 Å². The van der Waals surface area contributed by atoms with Gasteiger partial charge in [-0.3, -0.25) is 13.9 Å². The van der Waals surface area contributed by atoms with Crippen LogP contribution in [-0.2, 0) is 20.2 Å². The number of phenols is 1. The number of rotatable bonds is 9. The average molecular weight is 722 g/mol. The van der Waals surface area contributed by atoms with Crippen molar-refractivity contribution in [2.45, 2.75) is 16.7 Å². The van der Waals surface area contributed by atoms with Crippen LogP contribution in [0.25, 0.3) is 10.8 Å². The van der Waals surface area contributed by atoms with Gasteiger partial charge in [0.15, 0.2) is 5.75 Å². The molecule has 0 aliphatic carbocycles. The molecule has 4 N–H and O–H groups in total. The second kappa shape index (κ2) is 16.4. The van der Waals surface area contributed by atoms with Crippen LogP contribution in [0.2, 0.25) is 0 Å². The minimum absolute atomic E-state index is 0. The summed E-state index contributed by atoms with van der Waals surface area (Å²) in [6.07, 6.45) is 0. The summed E-state index contributed by atoms with van der Waals surface area (Å²) in [5.41, 5.74) is 1.50. The van der Waals surface area contributed by atoms with Gasteiger partial charge in [-0.05, 0) is 84.6 Å². The zero-order valence-corrected chi connectivity index (χ0v) is 32.2. The zero-order chi connectivity index (χ0) is 33.9. The van der Waals surface area contributed by atoms with Gasteiger partial charge >= 0.3 is 0 Å². The van der Waals surface area contributed by atoms with Gasteiger partial charge in [0.1, 0.15) is 22.0 Å². The fraction of sp³-hybridized carbons (Fsp3) is 0.0645. The number of methoxy groups -OCH3 is 1. The molecule has 0 saturated heterocycles. The molecule has 0 aromatic heterocycles. The van der Waals surface area contributed by atoms with E-state index in [4.69, 9.17) is 9.29 Å². The van der Waals surface area contributed by atoms with Crippen LogP contribution in [0.15, 0.2) is 121 Å². The topological polar surface area (TPSA) is 217 Å². The molecule has 0 aliphatic heterocycles. The molecule has 0 heterocycles. The Balaban J connectivity index is 0.00000325. The first kappa shape index (κ1) is 39.9. The fourth-order valence-electron chi connectivity index (χ4n) is 4.43. The first-order valence-electron chi connectivity index (χ1n) is 13.5. The van der Waals surface area contributed by atoms with Crippen LogP contribution in [0, 0.1) is 6.92 Å². The normalized spacial score (nSPS) is 11.7. The number of nitrogens with one attached hydrogen (secondary N) is 1. The Morgan fingerprint density at radius 1 is 0.755 bits per heavy atom. The van der Waals surface area contributed by atoms with Gasteiger partial charge in [-0.15, -0.1) is 10.2 Å². The summed E-state index contributed by atoms with van der Waals surface area (Å²) in [4.78, 5) is 11.6. The third kappa shape index (κ3) is 9.58. The van der Waals surface area contributed by atoms with Crippen molar-refractivity contribution in [2.75, 3.05) is 12.4 Å². The molecule has 0 unspecified atom stereocenters. The molecule has 5 aromatic carbocycles. The molecule has 49 heavy (non-hydrogen) atoms. The number of hydrogen-bond donors (Lipinski definition) is 4. The number of ether oxygens (including phenoxy) is 1. The molecule has 0 atom stereocenters. The minimum Gasteiger partial charge on any atom is -0.505 e. The quantitative estimate of drug-likeness (QED) is 0.0724.